The van der Waals surface area contributed by atoms with Crippen LogP contribution in [0.4, 0.5) is 4.79 Å². The third-order valence-corrected chi connectivity index (χ3v) is 6.86. The normalized spacial score (nSPS) is 13.2. The van der Waals surface area contributed by atoms with Crippen molar-refractivity contribution in [2.24, 2.45) is 5.92 Å². The third-order valence-electron chi connectivity index (χ3n) is 6.86. The lowest BCUT2D eigenvalue weighted by atomic mass is 10.0. The lowest BCUT2D eigenvalue weighted by Gasteiger charge is -2.27. The van der Waals surface area contributed by atoms with Gasteiger partial charge in [-0.15, -0.1) is 0 Å². The van der Waals surface area contributed by atoms with E-state index in [1.54, 1.807) is 71.0 Å². The molecule has 0 spiro atoms. The molecule has 0 heterocycles. The lowest BCUT2D eigenvalue weighted by molar-refractivity contribution is -0.155. The molecule has 0 saturated heterocycles. The van der Waals surface area contributed by atoms with Crippen LogP contribution in [-0.4, -0.2) is 65.8 Å². The van der Waals surface area contributed by atoms with E-state index >= 15 is 0 Å². The molecular formula is C38H53N3O9. The van der Waals surface area contributed by atoms with Crippen molar-refractivity contribution >= 4 is 29.8 Å². The van der Waals surface area contributed by atoms with Crippen LogP contribution in [0.1, 0.15) is 79.4 Å². The molecule has 0 fully saturated rings. The van der Waals surface area contributed by atoms with Gasteiger partial charge in [-0.05, 0) is 77.1 Å². The number of nitrogens with one attached hydrogen (secondary N) is 3. The van der Waals surface area contributed by atoms with Gasteiger partial charge in [0.1, 0.15) is 48.3 Å². The molecule has 0 radical (unpaired) electrons. The molecule has 0 aliphatic rings. The van der Waals surface area contributed by atoms with Crippen molar-refractivity contribution in [3.63, 3.8) is 0 Å². The van der Waals surface area contributed by atoms with Gasteiger partial charge in [0.25, 0.3) is 0 Å². The second kappa shape index (κ2) is 19.4. The number of benzene rings is 2. The molecule has 12 nitrogen and oxygen atoms in total. The Labute approximate surface area is 295 Å². The van der Waals surface area contributed by atoms with Crippen molar-refractivity contribution in [3.05, 3.63) is 78.4 Å². The van der Waals surface area contributed by atoms with Gasteiger partial charge in [0.15, 0.2) is 0 Å². The summed E-state index contributed by atoms with van der Waals surface area (Å²) in [6.45, 7) is 17.8. The highest BCUT2D eigenvalue weighted by Gasteiger charge is 2.32. The van der Waals surface area contributed by atoms with Crippen molar-refractivity contribution < 1.29 is 42.9 Å². The minimum Gasteiger partial charge on any atom is -0.488 e. The molecule has 0 aliphatic carbocycles. The highest BCUT2D eigenvalue weighted by Crippen LogP contribution is 2.19. The molecular weight excluding hydrogens is 642 g/mol. The first kappa shape index (κ1) is 41.3. The average Bonchev–Trinajstić information content (AvgIpc) is 3.02. The van der Waals surface area contributed by atoms with Gasteiger partial charge >= 0.3 is 18.0 Å². The van der Waals surface area contributed by atoms with Gasteiger partial charge in [0, 0.05) is 12.8 Å². The molecule has 0 aromatic heterocycles. The van der Waals surface area contributed by atoms with E-state index in [1.165, 1.54) is 6.08 Å². The largest absolute Gasteiger partial charge is 0.488 e. The number of carbonyl (C=O) groups is 5. The number of rotatable bonds is 17. The van der Waals surface area contributed by atoms with Crippen molar-refractivity contribution in [1.82, 2.24) is 16.0 Å². The maximum atomic E-state index is 13.9. The van der Waals surface area contributed by atoms with Crippen LogP contribution in [0.15, 0.2) is 67.3 Å². The number of esters is 2. The highest BCUT2D eigenvalue weighted by molar-refractivity contribution is 5.93. The van der Waals surface area contributed by atoms with E-state index in [4.69, 9.17) is 18.9 Å². The quantitative estimate of drug-likeness (QED) is 0.115. The van der Waals surface area contributed by atoms with Crippen LogP contribution in [0, 0.1) is 5.92 Å². The van der Waals surface area contributed by atoms with Gasteiger partial charge in [-0.3, -0.25) is 14.4 Å². The Hall–Kier alpha value is -4.87. The van der Waals surface area contributed by atoms with Gasteiger partial charge in [0.05, 0.1) is 0 Å². The summed E-state index contributed by atoms with van der Waals surface area (Å²) in [7, 11) is 0. The number of carbonyl (C=O) groups excluding carboxylic acids is 5. The van der Waals surface area contributed by atoms with Gasteiger partial charge in [-0.2, -0.15) is 0 Å². The second-order valence-electron chi connectivity index (χ2n) is 14.2. The second-order valence-corrected chi connectivity index (χ2v) is 14.2. The predicted molar refractivity (Wildman–Crippen MR) is 189 cm³/mol. The van der Waals surface area contributed by atoms with Crippen LogP contribution in [-0.2, 0) is 46.4 Å². The van der Waals surface area contributed by atoms with E-state index in [9.17, 15) is 24.0 Å². The summed E-state index contributed by atoms with van der Waals surface area (Å²) in [6, 6.07) is 12.6. The summed E-state index contributed by atoms with van der Waals surface area (Å²) in [5.41, 5.74) is 0.260. The van der Waals surface area contributed by atoms with Crippen LogP contribution >= 0.6 is 0 Å². The first-order valence-electron chi connectivity index (χ1n) is 16.7. The first-order valence-corrected chi connectivity index (χ1v) is 16.7. The zero-order valence-electron chi connectivity index (χ0n) is 30.5. The van der Waals surface area contributed by atoms with E-state index in [2.05, 4.69) is 22.5 Å². The summed E-state index contributed by atoms with van der Waals surface area (Å²) < 4.78 is 21.9. The Morgan fingerprint density at radius 2 is 1.38 bits per heavy atom. The lowest BCUT2D eigenvalue weighted by Crippen LogP contribution is -2.57. The number of ether oxygens (including phenoxy) is 4. The van der Waals surface area contributed by atoms with Crippen molar-refractivity contribution in [2.45, 2.75) is 111 Å². The van der Waals surface area contributed by atoms with Crippen molar-refractivity contribution in [2.75, 3.05) is 6.61 Å². The van der Waals surface area contributed by atoms with Crippen LogP contribution in [0.5, 0.6) is 5.75 Å². The molecule has 274 valence electrons. The van der Waals surface area contributed by atoms with E-state index in [0.717, 1.165) is 5.56 Å². The zero-order valence-corrected chi connectivity index (χ0v) is 30.5. The Balaban J connectivity index is 2.34. The summed E-state index contributed by atoms with van der Waals surface area (Å²) in [5, 5.41) is 7.95. The molecule has 2 rings (SSSR count). The summed E-state index contributed by atoms with van der Waals surface area (Å²) in [5.74, 6) is -2.42. The molecule has 0 bridgehead atoms. The number of amides is 3. The fraction of sp³-hybridized carbons (Fsp3) is 0.500. The van der Waals surface area contributed by atoms with Crippen LogP contribution in [0.25, 0.3) is 0 Å². The Kier molecular flexibility index (Phi) is 16.0. The van der Waals surface area contributed by atoms with E-state index < -0.39 is 59.2 Å². The minimum absolute atomic E-state index is 0.0285. The first-order chi connectivity index (χ1) is 23.4. The van der Waals surface area contributed by atoms with Crippen LogP contribution in [0.3, 0.4) is 0 Å². The fourth-order valence-corrected chi connectivity index (χ4v) is 4.58. The van der Waals surface area contributed by atoms with E-state index in [1.807, 2.05) is 39.0 Å². The maximum Gasteiger partial charge on any atom is 0.408 e. The molecule has 2 aromatic rings. The minimum atomic E-state index is -1.28. The molecule has 3 atom stereocenters. The maximum absolute atomic E-state index is 13.9. The average molecular weight is 696 g/mol. The van der Waals surface area contributed by atoms with Crippen LogP contribution in [0.2, 0.25) is 0 Å². The van der Waals surface area contributed by atoms with E-state index in [0.29, 0.717) is 11.3 Å². The molecule has 0 aliphatic heterocycles. The summed E-state index contributed by atoms with van der Waals surface area (Å²) in [4.78, 5) is 65.8. The van der Waals surface area contributed by atoms with E-state index in [-0.39, 0.29) is 38.4 Å². The predicted octanol–water partition coefficient (Wildman–Crippen LogP) is 5.18. The number of hydrogen-bond donors (Lipinski definition) is 3. The summed E-state index contributed by atoms with van der Waals surface area (Å²) >= 11 is 0. The molecule has 50 heavy (non-hydrogen) atoms. The van der Waals surface area contributed by atoms with Gasteiger partial charge in [-0.1, -0.05) is 69.0 Å². The van der Waals surface area contributed by atoms with Crippen LogP contribution < -0.4 is 20.7 Å². The Morgan fingerprint density at radius 3 is 1.94 bits per heavy atom. The number of hydrogen-bond acceptors (Lipinski definition) is 9. The third kappa shape index (κ3) is 16.0. The molecule has 2 aromatic carbocycles. The fourth-order valence-electron chi connectivity index (χ4n) is 4.58. The SMILES string of the molecule is C=CCOC(=O)[C@@H](NC(=O)[C@H](CCC(=O)OC(C)(C)C)NC(=O)[C@H](Cc1ccc(OC(C)(C)C)cc1)NC(=O)OCc1ccccc1)C(C)C. The topological polar surface area (TPSA) is 158 Å². The smallest absolute Gasteiger partial charge is 0.408 e. The number of alkyl carbamates (subject to hydrolysis) is 1. The molecule has 0 saturated carbocycles. The molecule has 3 N–H and O–H groups in total. The Morgan fingerprint density at radius 1 is 0.760 bits per heavy atom. The van der Waals surface area contributed by atoms with Gasteiger partial charge < -0.3 is 34.9 Å². The monoisotopic (exact) mass is 695 g/mol. The van der Waals surface area contributed by atoms with Gasteiger partial charge in [0.2, 0.25) is 11.8 Å². The molecule has 12 heteroatoms. The zero-order chi connectivity index (χ0) is 37.5. The standard InChI is InChI=1S/C38H53N3O9/c1-10-22-47-35(45)32(25(2)3)41-33(43)29(20-21-31(42)50-38(7,8)9)39-34(44)30(40-36(46)48-24-27-14-12-11-13-15-27)23-26-16-18-28(19-17-26)49-37(4,5)6/h10-19,25,29-30,32H,1,20-24H2,2-9H3,(H,39,44)(H,40,46)(H,41,43)/t29-,30-,32-/m0/s1. The summed E-state index contributed by atoms with van der Waals surface area (Å²) in [6.07, 6.45) is 0.231. The molecule has 3 amide bonds. The Bertz CT molecular complexity index is 1430. The van der Waals surface area contributed by atoms with Gasteiger partial charge in [-0.25, -0.2) is 9.59 Å². The highest BCUT2D eigenvalue weighted by atomic mass is 16.6. The van der Waals surface area contributed by atoms with Crippen molar-refractivity contribution in [1.29, 1.82) is 0 Å². The molecule has 0 unspecified atom stereocenters. The van der Waals surface area contributed by atoms with Crippen molar-refractivity contribution in [3.8, 4) is 5.75 Å².